The molecular formula is C11H11N5O2. The number of nitrogens with zero attached hydrogens (tertiary/aromatic N) is 4. The first-order chi connectivity index (χ1) is 8.84. The molecule has 7 nitrogen and oxygen atoms in total. The van der Waals surface area contributed by atoms with Crippen molar-refractivity contribution in [3.8, 4) is 11.4 Å². The van der Waals surface area contributed by atoms with E-state index >= 15 is 0 Å². The lowest BCUT2D eigenvalue weighted by Crippen LogP contribution is -2.23. The van der Waals surface area contributed by atoms with Gasteiger partial charge < -0.3 is 9.64 Å². The third-order valence-electron chi connectivity index (χ3n) is 2.81. The molecule has 1 saturated heterocycles. The van der Waals surface area contributed by atoms with Crippen LogP contribution in [0.4, 0.5) is 4.79 Å². The minimum absolute atomic E-state index is 0.280. The number of H-pyrrole nitrogens is 1. The van der Waals surface area contributed by atoms with Crippen LogP contribution in [0.25, 0.3) is 11.4 Å². The van der Waals surface area contributed by atoms with E-state index in [1.165, 1.54) is 0 Å². The van der Waals surface area contributed by atoms with Crippen molar-refractivity contribution in [3.63, 3.8) is 0 Å². The largest absolute Gasteiger partial charge is 0.448 e. The Labute approximate surface area is 103 Å². The Kier molecular flexibility index (Phi) is 2.64. The van der Waals surface area contributed by atoms with Crippen LogP contribution in [-0.4, -0.2) is 44.8 Å². The Morgan fingerprint density at radius 1 is 1.39 bits per heavy atom. The molecule has 0 radical (unpaired) electrons. The molecule has 0 aliphatic carbocycles. The Morgan fingerprint density at radius 2 is 2.28 bits per heavy atom. The smallest absolute Gasteiger partial charge is 0.410 e. The van der Waals surface area contributed by atoms with E-state index in [1.54, 1.807) is 4.90 Å². The van der Waals surface area contributed by atoms with E-state index < -0.39 is 0 Å². The predicted molar refractivity (Wildman–Crippen MR) is 61.4 cm³/mol. The van der Waals surface area contributed by atoms with Crippen LogP contribution in [-0.2, 0) is 11.3 Å². The molecule has 1 aromatic heterocycles. The van der Waals surface area contributed by atoms with Gasteiger partial charge >= 0.3 is 6.09 Å². The maximum absolute atomic E-state index is 11.4. The van der Waals surface area contributed by atoms with Gasteiger partial charge in [0.05, 0.1) is 6.54 Å². The van der Waals surface area contributed by atoms with E-state index in [2.05, 4.69) is 20.6 Å². The molecule has 2 aromatic rings. The van der Waals surface area contributed by atoms with Gasteiger partial charge in [0.2, 0.25) is 5.82 Å². The summed E-state index contributed by atoms with van der Waals surface area (Å²) in [6.45, 7) is 1.55. The molecule has 18 heavy (non-hydrogen) atoms. The van der Waals surface area contributed by atoms with Crippen molar-refractivity contribution in [2.45, 2.75) is 6.54 Å². The molecule has 1 aromatic carbocycles. The highest BCUT2D eigenvalue weighted by Crippen LogP contribution is 2.21. The molecule has 1 fully saturated rings. The first kappa shape index (κ1) is 10.7. The Balaban J connectivity index is 1.90. The van der Waals surface area contributed by atoms with Crippen molar-refractivity contribution in [2.75, 3.05) is 13.2 Å². The van der Waals surface area contributed by atoms with Crippen molar-refractivity contribution in [1.29, 1.82) is 0 Å². The molecule has 3 rings (SSSR count). The molecule has 0 saturated carbocycles. The number of aromatic nitrogens is 4. The molecule has 1 aliphatic heterocycles. The van der Waals surface area contributed by atoms with Crippen LogP contribution in [0.3, 0.4) is 0 Å². The molecule has 1 amide bonds. The number of aromatic amines is 1. The highest BCUT2D eigenvalue weighted by atomic mass is 16.6. The molecule has 0 atom stereocenters. The molecular weight excluding hydrogens is 234 g/mol. The fourth-order valence-corrected chi connectivity index (χ4v) is 1.93. The van der Waals surface area contributed by atoms with Crippen LogP contribution in [0.1, 0.15) is 5.56 Å². The van der Waals surface area contributed by atoms with Gasteiger partial charge in [-0.25, -0.2) is 4.79 Å². The van der Waals surface area contributed by atoms with Crippen LogP contribution in [0.2, 0.25) is 0 Å². The third-order valence-corrected chi connectivity index (χ3v) is 2.81. The second kappa shape index (κ2) is 4.44. The number of rotatable bonds is 3. The number of carbonyl (C=O) groups is 1. The molecule has 1 N–H and O–H groups in total. The predicted octanol–water partition coefficient (Wildman–Crippen LogP) is 0.819. The fourth-order valence-electron chi connectivity index (χ4n) is 1.93. The van der Waals surface area contributed by atoms with Gasteiger partial charge in [-0.2, -0.15) is 5.21 Å². The molecule has 0 bridgehead atoms. The van der Waals surface area contributed by atoms with Crippen LogP contribution in [0, 0.1) is 0 Å². The first-order valence-electron chi connectivity index (χ1n) is 5.58. The van der Waals surface area contributed by atoms with Gasteiger partial charge in [0.25, 0.3) is 0 Å². The van der Waals surface area contributed by atoms with Crippen molar-refractivity contribution >= 4 is 6.09 Å². The Bertz CT molecular complexity index is 554. The maximum Gasteiger partial charge on any atom is 0.410 e. The van der Waals surface area contributed by atoms with Gasteiger partial charge in [-0.3, -0.25) is 0 Å². The van der Waals surface area contributed by atoms with Gasteiger partial charge in [-0.1, -0.05) is 24.3 Å². The van der Waals surface area contributed by atoms with Crippen molar-refractivity contribution in [3.05, 3.63) is 29.8 Å². The number of ether oxygens (including phenoxy) is 1. The van der Waals surface area contributed by atoms with Crippen LogP contribution in [0.15, 0.2) is 24.3 Å². The zero-order chi connectivity index (χ0) is 12.4. The van der Waals surface area contributed by atoms with Crippen molar-refractivity contribution < 1.29 is 9.53 Å². The molecule has 0 unspecified atom stereocenters. The third kappa shape index (κ3) is 1.90. The number of cyclic esters (lactones) is 1. The average Bonchev–Trinajstić information content (AvgIpc) is 3.03. The SMILES string of the molecule is O=C1OCCN1Cc1ccccc1-c1nn[nH]n1. The zero-order valence-corrected chi connectivity index (χ0v) is 9.54. The van der Waals surface area contributed by atoms with Crippen molar-refractivity contribution in [2.24, 2.45) is 0 Å². The normalized spacial score (nSPS) is 14.9. The maximum atomic E-state index is 11.4. The summed E-state index contributed by atoms with van der Waals surface area (Å²) in [7, 11) is 0. The van der Waals surface area contributed by atoms with E-state index in [-0.39, 0.29) is 6.09 Å². The van der Waals surface area contributed by atoms with Crippen LogP contribution in [0.5, 0.6) is 0 Å². The number of hydrogen-bond donors (Lipinski definition) is 1. The number of nitrogens with one attached hydrogen (secondary N) is 1. The van der Waals surface area contributed by atoms with E-state index in [9.17, 15) is 4.79 Å². The second-order valence-corrected chi connectivity index (χ2v) is 3.93. The minimum Gasteiger partial charge on any atom is -0.448 e. The number of tetrazole rings is 1. The molecule has 2 heterocycles. The van der Waals surface area contributed by atoms with Gasteiger partial charge in [-0.05, 0) is 10.8 Å². The molecule has 7 heteroatoms. The summed E-state index contributed by atoms with van der Waals surface area (Å²) >= 11 is 0. The zero-order valence-electron chi connectivity index (χ0n) is 9.54. The average molecular weight is 245 g/mol. The number of carbonyl (C=O) groups excluding carboxylic acids is 1. The first-order valence-corrected chi connectivity index (χ1v) is 5.58. The van der Waals surface area contributed by atoms with Crippen LogP contribution < -0.4 is 0 Å². The van der Waals surface area contributed by atoms with Crippen LogP contribution >= 0.6 is 0 Å². The van der Waals surface area contributed by atoms with Gasteiger partial charge in [0, 0.05) is 12.1 Å². The summed E-state index contributed by atoms with van der Waals surface area (Å²) in [6.07, 6.45) is -0.280. The highest BCUT2D eigenvalue weighted by Gasteiger charge is 2.23. The van der Waals surface area contributed by atoms with Crippen molar-refractivity contribution in [1.82, 2.24) is 25.5 Å². The molecule has 0 spiro atoms. The van der Waals surface area contributed by atoms with Gasteiger partial charge in [-0.15, -0.1) is 10.2 Å². The summed E-state index contributed by atoms with van der Waals surface area (Å²) in [4.78, 5) is 13.1. The molecule has 1 aliphatic rings. The standard InChI is InChI=1S/C11H11N5O2/c17-11-16(5-6-18-11)7-8-3-1-2-4-9(8)10-12-14-15-13-10/h1-4H,5-7H2,(H,12,13,14,15). The number of hydrogen-bond acceptors (Lipinski definition) is 5. The summed E-state index contributed by atoms with van der Waals surface area (Å²) in [6, 6.07) is 7.66. The highest BCUT2D eigenvalue weighted by molar-refractivity contribution is 5.70. The summed E-state index contributed by atoms with van der Waals surface area (Å²) in [5.74, 6) is 0.526. The molecule has 92 valence electrons. The Morgan fingerprint density at radius 3 is 3.00 bits per heavy atom. The van der Waals surface area contributed by atoms with E-state index in [0.717, 1.165) is 11.1 Å². The lowest BCUT2D eigenvalue weighted by atomic mass is 10.1. The second-order valence-electron chi connectivity index (χ2n) is 3.93. The number of benzene rings is 1. The Hall–Kier alpha value is -2.44. The fraction of sp³-hybridized carbons (Fsp3) is 0.273. The monoisotopic (exact) mass is 245 g/mol. The van der Waals surface area contributed by atoms with Gasteiger partial charge in [0.1, 0.15) is 6.61 Å². The lowest BCUT2D eigenvalue weighted by molar-refractivity contribution is 0.157. The topological polar surface area (TPSA) is 84.0 Å². The number of amides is 1. The summed E-state index contributed by atoms with van der Waals surface area (Å²) in [5.41, 5.74) is 1.84. The summed E-state index contributed by atoms with van der Waals surface area (Å²) < 4.78 is 4.91. The minimum atomic E-state index is -0.280. The van der Waals surface area contributed by atoms with E-state index in [1.807, 2.05) is 24.3 Å². The summed E-state index contributed by atoms with van der Waals surface area (Å²) in [5, 5.41) is 13.9. The lowest BCUT2D eigenvalue weighted by Gasteiger charge is -2.14. The van der Waals surface area contributed by atoms with E-state index in [0.29, 0.717) is 25.5 Å². The van der Waals surface area contributed by atoms with E-state index in [4.69, 9.17) is 4.74 Å². The quantitative estimate of drug-likeness (QED) is 0.865. The van der Waals surface area contributed by atoms with Gasteiger partial charge in [0.15, 0.2) is 0 Å².